The van der Waals surface area contributed by atoms with Crippen molar-refractivity contribution in [3.63, 3.8) is 0 Å². The number of esters is 1. The first-order valence-electron chi connectivity index (χ1n) is 6.90. The van der Waals surface area contributed by atoms with E-state index >= 15 is 0 Å². The smallest absolute Gasteiger partial charge is 0.338 e. The van der Waals surface area contributed by atoms with Crippen LogP contribution in [0.25, 0.3) is 0 Å². The van der Waals surface area contributed by atoms with Gasteiger partial charge in [-0.2, -0.15) is 0 Å². The van der Waals surface area contributed by atoms with Gasteiger partial charge in [0.25, 0.3) is 0 Å². The fourth-order valence-electron chi connectivity index (χ4n) is 2.47. The van der Waals surface area contributed by atoms with Crippen LogP contribution in [0, 0.1) is 5.92 Å². The molecule has 6 nitrogen and oxygen atoms in total. The number of carbonyl (C=O) groups excluding carboxylic acids is 2. The Balaban J connectivity index is 2.19. The second-order valence-electron chi connectivity index (χ2n) is 5.17. The molecule has 126 valence electrons. The van der Waals surface area contributed by atoms with Crippen molar-refractivity contribution in [3.8, 4) is 0 Å². The van der Waals surface area contributed by atoms with Gasteiger partial charge in [0.2, 0.25) is 15.0 Å². The van der Waals surface area contributed by atoms with Crippen LogP contribution in [0.15, 0.2) is 22.7 Å². The Morgan fingerprint density at radius 3 is 2.74 bits per heavy atom. The number of amides is 1. The van der Waals surface area contributed by atoms with Crippen molar-refractivity contribution in [2.75, 3.05) is 23.8 Å². The Hall–Kier alpha value is -1.12. The van der Waals surface area contributed by atoms with Crippen LogP contribution in [0.3, 0.4) is 0 Å². The maximum Gasteiger partial charge on any atom is 0.338 e. The van der Waals surface area contributed by atoms with Crippen LogP contribution < -0.4 is 4.90 Å². The number of carbonyl (C=O) groups is 2. The lowest BCUT2D eigenvalue weighted by atomic mass is 10.1. The van der Waals surface area contributed by atoms with Gasteiger partial charge in [-0.1, -0.05) is 0 Å². The third-order valence-electron chi connectivity index (χ3n) is 3.39. The van der Waals surface area contributed by atoms with Crippen molar-refractivity contribution in [1.29, 1.82) is 0 Å². The summed E-state index contributed by atoms with van der Waals surface area (Å²) in [4.78, 5) is 25.3. The Kier molecular flexibility index (Phi) is 5.70. The predicted octanol–water partition coefficient (Wildman–Crippen LogP) is 2.55. The molecule has 0 aromatic heterocycles. The average Bonchev–Trinajstić information content (AvgIpc) is 2.77. The van der Waals surface area contributed by atoms with Gasteiger partial charge < -0.3 is 9.64 Å². The highest BCUT2D eigenvalue weighted by molar-refractivity contribution is 9.10. The topological polar surface area (TPSA) is 80.8 Å². The molecule has 1 amide bonds. The second kappa shape index (κ2) is 7.19. The zero-order valence-electron chi connectivity index (χ0n) is 12.3. The highest BCUT2D eigenvalue weighted by Gasteiger charge is 2.34. The van der Waals surface area contributed by atoms with E-state index in [4.69, 9.17) is 15.4 Å². The van der Waals surface area contributed by atoms with Crippen molar-refractivity contribution in [2.24, 2.45) is 5.92 Å². The van der Waals surface area contributed by atoms with Crippen molar-refractivity contribution in [1.82, 2.24) is 0 Å². The minimum atomic E-state index is -3.65. The number of anilines is 1. The van der Waals surface area contributed by atoms with Gasteiger partial charge in [-0.25, -0.2) is 13.2 Å². The molecule has 23 heavy (non-hydrogen) atoms. The SMILES string of the molecule is CCOC(=O)c1ccc(N2CC(CS(=O)(=O)Cl)CC2=O)c(Br)c1. The van der Waals surface area contributed by atoms with Gasteiger partial charge >= 0.3 is 5.97 Å². The quantitative estimate of drug-likeness (QED) is 0.536. The first kappa shape index (κ1) is 18.2. The van der Waals surface area contributed by atoms with E-state index in [0.717, 1.165) is 0 Å². The van der Waals surface area contributed by atoms with E-state index in [1.807, 2.05) is 0 Å². The molecule has 0 radical (unpaired) electrons. The summed E-state index contributed by atoms with van der Waals surface area (Å²) in [5, 5.41) is 0. The molecule has 1 aromatic rings. The lowest BCUT2D eigenvalue weighted by Gasteiger charge is -2.18. The summed E-state index contributed by atoms with van der Waals surface area (Å²) in [5.74, 6) is -1.21. The van der Waals surface area contributed by atoms with Crippen LogP contribution in [-0.4, -0.2) is 39.2 Å². The fraction of sp³-hybridized carbons (Fsp3) is 0.429. The molecule has 1 unspecified atom stereocenters. The summed E-state index contributed by atoms with van der Waals surface area (Å²) in [6, 6.07) is 4.77. The third kappa shape index (κ3) is 4.68. The fourth-order valence-corrected chi connectivity index (χ4v) is 4.39. The molecule has 1 aromatic carbocycles. The molecule has 1 atom stereocenters. The number of benzene rings is 1. The van der Waals surface area contributed by atoms with E-state index < -0.39 is 15.0 Å². The van der Waals surface area contributed by atoms with Gasteiger partial charge in [0.15, 0.2) is 0 Å². The lowest BCUT2D eigenvalue weighted by Crippen LogP contribution is -2.25. The third-order valence-corrected chi connectivity index (χ3v) is 5.27. The molecule has 1 heterocycles. The minimum absolute atomic E-state index is 0.123. The number of rotatable bonds is 5. The van der Waals surface area contributed by atoms with Gasteiger partial charge in [0, 0.05) is 34.0 Å². The maximum atomic E-state index is 12.1. The van der Waals surface area contributed by atoms with Crippen molar-refractivity contribution in [2.45, 2.75) is 13.3 Å². The summed E-state index contributed by atoms with van der Waals surface area (Å²) in [5.41, 5.74) is 0.950. The molecule has 0 aliphatic carbocycles. The molecule has 1 aliphatic rings. The molecule has 0 bridgehead atoms. The van der Waals surface area contributed by atoms with Crippen LogP contribution >= 0.6 is 26.6 Å². The van der Waals surface area contributed by atoms with Gasteiger partial charge in [0.05, 0.1) is 23.6 Å². The molecule has 1 saturated heterocycles. The summed E-state index contributed by atoms with van der Waals surface area (Å²) in [6.07, 6.45) is 0.123. The number of nitrogens with zero attached hydrogens (tertiary/aromatic N) is 1. The zero-order chi connectivity index (χ0) is 17.2. The highest BCUT2D eigenvalue weighted by atomic mass is 79.9. The molecule has 1 fully saturated rings. The van der Waals surface area contributed by atoms with Gasteiger partial charge in [0.1, 0.15) is 0 Å². The van der Waals surface area contributed by atoms with Gasteiger partial charge in [-0.05, 0) is 41.1 Å². The molecule has 9 heteroatoms. The minimum Gasteiger partial charge on any atom is -0.462 e. The van der Waals surface area contributed by atoms with E-state index in [1.54, 1.807) is 25.1 Å². The predicted molar refractivity (Wildman–Crippen MR) is 90.2 cm³/mol. The number of halogens is 2. The summed E-state index contributed by atoms with van der Waals surface area (Å²) >= 11 is 3.34. The summed E-state index contributed by atoms with van der Waals surface area (Å²) in [6.45, 7) is 2.26. The zero-order valence-corrected chi connectivity index (χ0v) is 15.4. The Morgan fingerprint density at radius 2 is 2.17 bits per heavy atom. The molecule has 0 N–H and O–H groups in total. The van der Waals surface area contributed by atoms with E-state index in [2.05, 4.69) is 15.9 Å². The molecule has 0 saturated carbocycles. The van der Waals surface area contributed by atoms with E-state index in [0.29, 0.717) is 15.7 Å². The maximum absolute atomic E-state index is 12.1. The molecule has 2 rings (SSSR count). The molecule has 0 spiro atoms. The van der Waals surface area contributed by atoms with Gasteiger partial charge in [-0.15, -0.1) is 0 Å². The number of hydrogen-bond donors (Lipinski definition) is 0. The normalized spacial score (nSPS) is 18.3. The Bertz CT molecular complexity index is 737. The van der Waals surface area contributed by atoms with Crippen molar-refractivity contribution < 1.29 is 22.7 Å². The summed E-state index contributed by atoms with van der Waals surface area (Å²) < 4.78 is 27.8. The van der Waals surface area contributed by atoms with Crippen LogP contribution in [-0.2, 0) is 18.6 Å². The van der Waals surface area contributed by atoms with Crippen LogP contribution in [0.5, 0.6) is 0 Å². The average molecular weight is 425 g/mol. The first-order chi connectivity index (χ1) is 10.7. The lowest BCUT2D eigenvalue weighted by molar-refractivity contribution is -0.117. The largest absolute Gasteiger partial charge is 0.462 e. The van der Waals surface area contributed by atoms with Gasteiger partial charge in [-0.3, -0.25) is 4.79 Å². The van der Waals surface area contributed by atoms with Crippen molar-refractivity contribution in [3.05, 3.63) is 28.2 Å². The molecule has 1 aliphatic heterocycles. The number of hydrogen-bond acceptors (Lipinski definition) is 5. The van der Waals surface area contributed by atoms with E-state index in [9.17, 15) is 18.0 Å². The molecular weight excluding hydrogens is 410 g/mol. The Morgan fingerprint density at radius 1 is 1.48 bits per heavy atom. The highest BCUT2D eigenvalue weighted by Crippen LogP contribution is 2.33. The van der Waals surface area contributed by atoms with E-state index in [-0.39, 0.29) is 37.2 Å². The monoisotopic (exact) mass is 423 g/mol. The standard InChI is InChI=1S/C14H15BrClNO5S/c1-2-22-14(19)10-3-4-12(11(15)6-10)17-7-9(5-13(17)18)8-23(16,20)21/h3-4,6,9H,2,5,7-8H2,1H3. The van der Waals surface area contributed by atoms with Crippen LogP contribution in [0.2, 0.25) is 0 Å². The Labute approximate surface area is 147 Å². The molecular formula is C14H15BrClNO5S. The van der Waals surface area contributed by atoms with Crippen molar-refractivity contribution >= 4 is 53.2 Å². The second-order valence-corrected chi connectivity index (χ2v) is 8.84. The van der Waals surface area contributed by atoms with Crippen LogP contribution in [0.4, 0.5) is 5.69 Å². The summed E-state index contributed by atoms with van der Waals surface area (Å²) in [7, 11) is 1.60. The van der Waals surface area contributed by atoms with E-state index in [1.165, 1.54) is 4.90 Å². The van der Waals surface area contributed by atoms with Crippen LogP contribution in [0.1, 0.15) is 23.7 Å². The number of ether oxygens (including phenoxy) is 1. The first-order valence-corrected chi connectivity index (χ1v) is 10.2.